The van der Waals surface area contributed by atoms with Gasteiger partial charge in [-0.2, -0.15) is 0 Å². The standard InChI is InChI=1S/C11H22N2O2/c1-9(2)13-4-3-12-5-6-15-11(8-14)10(12)7-13/h9-11,14H,3-8H2,1-2H3/t10?,11-/m1/s1. The zero-order valence-corrected chi connectivity index (χ0v) is 9.72. The second-order valence-electron chi connectivity index (χ2n) is 4.78. The molecule has 88 valence electrons. The van der Waals surface area contributed by atoms with Crippen molar-refractivity contribution in [2.45, 2.75) is 32.0 Å². The first kappa shape index (κ1) is 11.3. The summed E-state index contributed by atoms with van der Waals surface area (Å²) >= 11 is 0. The number of hydrogen-bond donors (Lipinski definition) is 1. The van der Waals surface area contributed by atoms with Crippen LogP contribution < -0.4 is 0 Å². The summed E-state index contributed by atoms with van der Waals surface area (Å²) in [6, 6.07) is 0.980. The average molecular weight is 214 g/mol. The number of fused-ring (bicyclic) bond motifs is 1. The molecule has 1 unspecified atom stereocenters. The van der Waals surface area contributed by atoms with E-state index < -0.39 is 0 Å². The maximum Gasteiger partial charge on any atom is 0.0973 e. The van der Waals surface area contributed by atoms with E-state index >= 15 is 0 Å². The minimum atomic E-state index is 0.0142. The molecule has 0 aliphatic carbocycles. The Hall–Kier alpha value is -0.160. The maximum absolute atomic E-state index is 9.28. The maximum atomic E-state index is 9.28. The number of ether oxygens (including phenoxy) is 1. The quantitative estimate of drug-likeness (QED) is 0.689. The van der Waals surface area contributed by atoms with Crippen LogP contribution in [0.3, 0.4) is 0 Å². The van der Waals surface area contributed by atoms with Gasteiger partial charge >= 0.3 is 0 Å². The third-order valence-electron chi connectivity index (χ3n) is 3.61. The van der Waals surface area contributed by atoms with Crippen LogP contribution in [0.15, 0.2) is 0 Å². The van der Waals surface area contributed by atoms with Gasteiger partial charge in [-0.05, 0) is 13.8 Å². The summed E-state index contributed by atoms with van der Waals surface area (Å²) in [4.78, 5) is 4.93. The number of rotatable bonds is 2. The number of morpholine rings is 1. The molecule has 0 spiro atoms. The molecule has 4 nitrogen and oxygen atoms in total. The van der Waals surface area contributed by atoms with Gasteiger partial charge in [0, 0.05) is 32.2 Å². The van der Waals surface area contributed by atoms with Gasteiger partial charge in [0.2, 0.25) is 0 Å². The van der Waals surface area contributed by atoms with Crippen LogP contribution in [-0.2, 0) is 4.74 Å². The van der Waals surface area contributed by atoms with Gasteiger partial charge in [-0.15, -0.1) is 0 Å². The minimum Gasteiger partial charge on any atom is -0.394 e. The van der Waals surface area contributed by atoms with E-state index in [1.54, 1.807) is 0 Å². The van der Waals surface area contributed by atoms with Crippen molar-refractivity contribution < 1.29 is 9.84 Å². The molecule has 2 rings (SSSR count). The Kier molecular flexibility index (Phi) is 3.61. The van der Waals surface area contributed by atoms with Crippen LogP contribution in [0.25, 0.3) is 0 Å². The van der Waals surface area contributed by atoms with Crippen molar-refractivity contribution in [3.63, 3.8) is 0 Å². The zero-order valence-electron chi connectivity index (χ0n) is 9.72. The van der Waals surface area contributed by atoms with Crippen molar-refractivity contribution in [1.29, 1.82) is 0 Å². The lowest BCUT2D eigenvalue weighted by Crippen LogP contribution is -2.63. The number of piperazine rings is 1. The molecule has 0 aromatic heterocycles. The Balaban J connectivity index is 2.00. The van der Waals surface area contributed by atoms with E-state index in [1.165, 1.54) is 0 Å². The molecular formula is C11H22N2O2. The topological polar surface area (TPSA) is 35.9 Å². The van der Waals surface area contributed by atoms with Crippen LogP contribution in [0, 0.1) is 0 Å². The van der Waals surface area contributed by atoms with Crippen LogP contribution in [0.5, 0.6) is 0 Å². The lowest BCUT2D eigenvalue weighted by atomic mass is 10.0. The first-order valence-electron chi connectivity index (χ1n) is 5.93. The fourth-order valence-electron chi connectivity index (χ4n) is 2.58. The molecule has 0 saturated carbocycles. The molecule has 2 aliphatic heterocycles. The van der Waals surface area contributed by atoms with Gasteiger partial charge in [0.25, 0.3) is 0 Å². The highest BCUT2D eigenvalue weighted by atomic mass is 16.5. The predicted octanol–water partition coefficient (Wildman–Crippen LogP) is -0.228. The van der Waals surface area contributed by atoms with Crippen molar-refractivity contribution in [3.05, 3.63) is 0 Å². The fourth-order valence-corrected chi connectivity index (χ4v) is 2.58. The summed E-state index contributed by atoms with van der Waals surface area (Å²) in [6.07, 6.45) is 0.0142. The Bertz CT molecular complexity index is 205. The number of aliphatic hydroxyl groups is 1. The first-order chi connectivity index (χ1) is 7.22. The van der Waals surface area contributed by atoms with Crippen LogP contribution in [0.2, 0.25) is 0 Å². The molecule has 2 atom stereocenters. The molecule has 0 bridgehead atoms. The van der Waals surface area contributed by atoms with Gasteiger partial charge < -0.3 is 9.84 Å². The molecule has 0 aromatic rings. The van der Waals surface area contributed by atoms with E-state index in [0.29, 0.717) is 12.1 Å². The van der Waals surface area contributed by atoms with Crippen molar-refractivity contribution in [2.24, 2.45) is 0 Å². The fraction of sp³-hybridized carbons (Fsp3) is 1.00. The van der Waals surface area contributed by atoms with E-state index in [0.717, 1.165) is 32.8 Å². The normalized spacial score (nSPS) is 34.4. The van der Waals surface area contributed by atoms with Crippen LogP contribution >= 0.6 is 0 Å². The Morgan fingerprint density at radius 1 is 1.33 bits per heavy atom. The zero-order chi connectivity index (χ0) is 10.8. The first-order valence-corrected chi connectivity index (χ1v) is 5.93. The van der Waals surface area contributed by atoms with Crippen LogP contribution in [0.1, 0.15) is 13.8 Å². The minimum absolute atomic E-state index is 0.0142. The monoisotopic (exact) mass is 214 g/mol. The van der Waals surface area contributed by atoms with Crippen molar-refractivity contribution >= 4 is 0 Å². The summed E-state index contributed by atoms with van der Waals surface area (Å²) in [6.45, 7) is 9.68. The molecule has 15 heavy (non-hydrogen) atoms. The third-order valence-corrected chi connectivity index (χ3v) is 3.61. The smallest absolute Gasteiger partial charge is 0.0973 e. The number of nitrogens with zero attached hydrogens (tertiary/aromatic N) is 2. The SMILES string of the molecule is CC(C)N1CCN2CCO[C@H](CO)C2C1. The molecule has 4 heteroatoms. The highest BCUT2D eigenvalue weighted by molar-refractivity contribution is 4.91. The Morgan fingerprint density at radius 3 is 2.80 bits per heavy atom. The van der Waals surface area contributed by atoms with Gasteiger partial charge in [-0.3, -0.25) is 9.80 Å². The molecule has 2 saturated heterocycles. The molecule has 2 fully saturated rings. The number of aliphatic hydroxyl groups excluding tert-OH is 1. The molecule has 2 aliphatic rings. The van der Waals surface area contributed by atoms with Gasteiger partial charge in [-0.25, -0.2) is 0 Å². The third kappa shape index (κ3) is 2.33. The summed E-state index contributed by atoms with van der Waals surface area (Å²) in [7, 11) is 0. The molecule has 0 aromatic carbocycles. The second kappa shape index (κ2) is 4.78. The van der Waals surface area contributed by atoms with Crippen LogP contribution in [0.4, 0.5) is 0 Å². The van der Waals surface area contributed by atoms with E-state index in [-0.39, 0.29) is 12.7 Å². The van der Waals surface area contributed by atoms with E-state index in [2.05, 4.69) is 23.6 Å². The molecule has 1 N–H and O–H groups in total. The molecular weight excluding hydrogens is 192 g/mol. The van der Waals surface area contributed by atoms with Crippen molar-refractivity contribution in [1.82, 2.24) is 9.80 Å². The molecule has 0 amide bonds. The highest BCUT2D eigenvalue weighted by Gasteiger charge is 2.36. The highest BCUT2D eigenvalue weighted by Crippen LogP contribution is 2.20. The Labute approximate surface area is 91.8 Å². The van der Waals surface area contributed by atoms with E-state index in [9.17, 15) is 5.11 Å². The van der Waals surface area contributed by atoms with E-state index in [4.69, 9.17) is 4.74 Å². The lowest BCUT2D eigenvalue weighted by molar-refractivity contribution is -0.117. The van der Waals surface area contributed by atoms with Crippen molar-refractivity contribution in [3.8, 4) is 0 Å². The van der Waals surface area contributed by atoms with E-state index in [1.807, 2.05) is 0 Å². The molecule has 0 radical (unpaired) electrons. The van der Waals surface area contributed by atoms with Crippen LogP contribution in [-0.4, -0.2) is 72.5 Å². The van der Waals surface area contributed by atoms with Gasteiger partial charge in [0.05, 0.1) is 25.4 Å². The Morgan fingerprint density at radius 2 is 2.13 bits per heavy atom. The lowest BCUT2D eigenvalue weighted by Gasteiger charge is -2.48. The van der Waals surface area contributed by atoms with Gasteiger partial charge in [0.15, 0.2) is 0 Å². The number of hydrogen-bond acceptors (Lipinski definition) is 4. The molecule has 2 heterocycles. The predicted molar refractivity (Wildman–Crippen MR) is 58.9 cm³/mol. The average Bonchev–Trinajstić information content (AvgIpc) is 2.27. The second-order valence-corrected chi connectivity index (χ2v) is 4.78. The van der Waals surface area contributed by atoms with Crippen molar-refractivity contribution in [2.75, 3.05) is 39.4 Å². The summed E-state index contributed by atoms with van der Waals surface area (Å²) in [5.41, 5.74) is 0. The summed E-state index contributed by atoms with van der Waals surface area (Å²) in [5, 5.41) is 9.28. The van der Waals surface area contributed by atoms with Gasteiger partial charge in [-0.1, -0.05) is 0 Å². The summed E-state index contributed by atoms with van der Waals surface area (Å²) < 4.78 is 5.61. The largest absolute Gasteiger partial charge is 0.394 e. The summed E-state index contributed by atoms with van der Waals surface area (Å²) in [5.74, 6) is 0. The van der Waals surface area contributed by atoms with Gasteiger partial charge in [0.1, 0.15) is 0 Å².